The topological polar surface area (TPSA) is 128 Å². The van der Waals surface area contributed by atoms with Gasteiger partial charge in [-0.3, -0.25) is 4.79 Å². The number of anilines is 1. The fourth-order valence-corrected chi connectivity index (χ4v) is 2.98. The maximum absolute atomic E-state index is 11.9. The number of nitrogens with two attached hydrogens (primary N) is 1. The van der Waals surface area contributed by atoms with E-state index in [0.717, 1.165) is 0 Å². The van der Waals surface area contributed by atoms with Gasteiger partial charge in [-0.2, -0.15) is 0 Å². The van der Waals surface area contributed by atoms with Crippen molar-refractivity contribution in [2.24, 2.45) is 5.14 Å². The number of halogens is 1. The van der Waals surface area contributed by atoms with Gasteiger partial charge in [0.05, 0.1) is 10.6 Å². The Bertz CT molecular complexity index is 728. The van der Waals surface area contributed by atoms with E-state index in [-0.39, 0.29) is 23.8 Å². The number of hydrogen-bond donors (Lipinski definition) is 3. The van der Waals surface area contributed by atoms with Gasteiger partial charge >= 0.3 is 6.09 Å². The number of ether oxygens (including phenoxy) is 1. The van der Waals surface area contributed by atoms with Crippen LogP contribution < -0.4 is 15.8 Å². The Hall–Kier alpha value is -1.40. The molecule has 0 atom stereocenters. The lowest BCUT2D eigenvalue weighted by Crippen LogP contribution is -2.34. The third-order valence-corrected chi connectivity index (χ3v) is 4.37. The minimum atomic E-state index is -3.79. The lowest BCUT2D eigenvalue weighted by molar-refractivity contribution is -0.116. The van der Waals surface area contributed by atoms with Crippen LogP contribution in [0.1, 0.15) is 27.2 Å². The van der Waals surface area contributed by atoms with Crippen LogP contribution in [0.15, 0.2) is 23.1 Å². The second kappa shape index (κ2) is 8.12. The number of alkyl carbamates (subject to hydrolysis) is 1. The predicted octanol–water partition coefficient (Wildman–Crippen LogP) is 1.79. The molecule has 0 radical (unpaired) electrons. The fourth-order valence-electron chi connectivity index (χ4n) is 1.58. The van der Waals surface area contributed by atoms with Gasteiger partial charge in [-0.25, -0.2) is 18.4 Å². The molecule has 0 unspecified atom stereocenters. The molecule has 1 aromatic rings. The van der Waals surface area contributed by atoms with E-state index in [1.807, 2.05) is 22.6 Å². The highest BCUT2D eigenvalue weighted by molar-refractivity contribution is 14.1. The largest absolute Gasteiger partial charge is 0.444 e. The van der Waals surface area contributed by atoms with Crippen molar-refractivity contribution in [3.05, 3.63) is 21.8 Å². The molecule has 2 amide bonds. The minimum absolute atomic E-state index is 0.0310. The molecule has 1 rings (SSSR count). The van der Waals surface area contributed by atoms with Gasteiger partial charge in [-0.15, -0.1) is 0 Å². The van der Waals surface area contributed by atoms with Crippen molar-refractivity contribution in [3.63, 3.8) is 0 Å². The summed E-state index contributed by atoms with van der Waals surface area (Å²) in [6, 6.07) is 4.14. The van der Waals surface area contributed by atoms with E-state index >= 15 is 0 Å². The van der Waals surface area contributed by atoms with Crippen LogP contribution in [0.3, 0.4) is 0 Å². The molecule has 134 valence electrons. The molecular weight excluding hydrogens is 449 g/mol. The summed E-state index contributed by atoms with van der Waals surface area (Å²) >= 11 is 1.90. The molecule has 0 aromatic heterocycles. The van der Waals surface area contributed by atoms with Crippen molar-refractivity contribution < 1.29 is 22.7 Å². The van der Waals surface area contributed by atoms with Crippen LogP contribution in [0.4, 0.5) is 10.5 Å². The summed E-state index contributed by atoms with van der Waals surface area (Å²) in [7, 11) is -3.79. The van der Waals surface area contributed by atoms with Crippen LogP contribution in [0, 0.1) is 3.57 Å². The number of benzene rings is 1. The number of amides is 2. The number of hydrogen-bond acceptors (Lipinski definition) is 5. The summed E-state index contributed by atoms with van der Waals surface area (Å²) in [5.41, 5.74) is -0.140. The molecule has 0 spiro atoms. The molecule has 0 fully saturated rings. The van der Waals surface area contributed by atoms with E-state index in [1.54, 1.807) is 20.8 Å². The average molecular weight is 469 g/mol. The molecule has 0 aliphatic heterocycles. The van der Waals surface area contributed by atoms with Gasteiger partial charge in [0.1, 0.15) is 5.60 Å². The van der Waals surface area contributed by atoms with E-state index < -0.39 is 21.7 Å². The Balaban J connectivity index is 2.53. The van der Waals surface area contributed by atoms with Crippen LogP contribution in [0.25, 0.3) is 0 Å². The van der Waals surface area contributed by atoms with E-state index in [0.29, 0.717) is 9.26 Å². The predicted molar refractivity (Wildman–Crippen MR) is 98.0 cm³/mol. The van der Waals surface area contributed by atoms with Gasteiger partial charge in [-0.05, 0) is 61.6 Å². The third-order valence-electron chi connectivity index (χ3n) is 2.56. The molecule has 24 heavy (non-hydrogen) atoms. The maximum Gasteiger partial charge on any atom is 0.407 e. The Morgan fingerprint density at radius 3 is 2.42 bits per heavy atom. The third kappa shape index (κ3) is 7.45. The lowest BCUT2D eigenvalue weighted by Gasteiger charge is -2.19. The van der Waals surface area contributed by atoms with Crippen molar-refractivity contribution in [3.8, 4) is 0 Å². The van der Waals surface area contributed by atoms with Crippen molar-refractivity contribution in [2.45, 2.75) is 37.7 Å². The molecular formula is C14H20IN3O5S. The highest BCUT2D eigenvalue weighted by Crippen LogP contribution is 2.21. The zero-order chi connectivity index (χ0) is 18.5. The average Bonchev–Trinajstić information content (AvgIpc) is 2.37. The number of carbonyl (C=O) groups is 2. The second-order valence-corrected chi connectivity index (χ2v) is 8.64. The van der Waals surface area contributed by atoms with E-state index in [9.17, 15) is 18.0 Å². The summed E-state index contributed by atoms with van der Waals surface area (Å²) in [5.74, 6) is -0.327. The molecule has 1 aromatic carbocycles. The highest BCUT2D eigenvalue weighted by Gasteiger charge is 2.16. The quantitative estimate of drug-likeness (QED) is 0.567. The van der Waals surface area contributed by atoms with E-state index in [1.165, 1.54) is 18.2 Å². The van der Waals surface area contributed by atoms with Gasteiger partial charge in [-0.1, -0.05) is 0 Å². The van der Waals surface area contributed by atoms with Crippen LogP contribution >= 0.6 is 22.6 Å². The summed E-state index contributed by atoms with van der Waals surface area (Å²) in [4.78, 5) is 23.3. The fraction of sp³-hybridized carbons (Fsp3) is 0.429. The molecule has 0 aliphatic rings. The van der Waals surface area contributed by atoms with Crippen LogP contribution in [0.5, 0.6) is 0 Å². The first-order chi connectivity index (χ1) is 10.9. The van der Waals surface area contributed by atoms with E-state index in [4.69, 9.17) is 9.88 Å². The van der Waals surface area contributed by atoms with E-state index in [2.05, 4.69) is 10.6 Å². The monoisotopic (exact) mass is 469 g/mol. The first kappa shape index (κ1) is 20.6. The van der Waals surface area contributed by atoms with Crippen LogP contribution in [-0.2, 0) is 19.6 Å². The summed E-state index contributed by atoms with van der Waals surface area (Å²) < 4.78 is 28.1. The normalized spacial score (nSPS) is 11.7. The summed E-state index contributed by atoms with van der Waals surface area (Å²) in [6.45, 7) is 5.35. The Morgan fingerprint density at radius 1 is 1.29 bits per heavy atom. The number of carbonyl (C=O) groups excluding carboxylic acids is 2. The van der Waals surface area contributed by atoms with Gasteiger partial charge in [0.25, 0.3) is 0 Å². The molecule has 4 N–H and O–H groups in total. The summed E-state index contributed by atoms with van der Waals surface area (Å²) in [5, 5.41) is 10.2. The molecule has 10 heteroatoms. The standard InChI is InChI=1S/C14H20IN3O5S/c1-14(2,3)23-13(20)17-7-6-12(19)18-11-5-4-9(8-10(11)15)24(16,21)22/h4-5,8H,6-7H2,1-3H3,(H,17,20)(H,18,19)(H2,16,21,22). The zero-order valence-corrected chi connectivity index (χ0v) is 16.5. The Morgan fingerprint density at radius 2 is 1.92 bits per heavy atom. The molecule has 0 bridgehead atoms. The number of nitrogens with one attached hydrogen (secondary N) is 2. The number of sulfonamides is 1. The minimum Gasteiger partial charge on any atom is -0.444 e. The van der Waals surface area contributed by atoms with Gasteiger partial charge in [0, 0.05) is 16.5 Å². The summed E-state index contributed by atoms with van der Waals surface area (Å²) in [6.07, 6.45) is -0.547. The molecule has 0 saturated heterocycles. The molecule has 8 nitrogen and oxygen atoms in total. The molecule has 0 aliphatic carbocycles. The number of primary sulfonamides is 1. The Kier molecular flexibility index (Phi) is 6.98. The lowest BCUT2D eigenvalue weighted by atomic mass is 10.2. The van der Waals surface area contributed by atoms with Crippen molar-refractivity contribution >= 4 is 50.3 Å². The molecule has 0 heterocycles. The first-order valence-corrected chi connectivity index (χ1v) is 9.60. The van der Waals surface area contributed by atoms with Gasteiger partial charge < -0.3 is 15.4 Å². The number of rotatable bonds is 5. The van der Waals surface area contributed by atoms with Crippen molar-refractivity contribution in [1.82, 2.24) is 5.32 Å². The smallest absolute Gasteiger partial charge is 0.407 e. The van der Waals surface area contributed by atoms with Crippen molar-refractivity contribution in [2.75, 3.05) is 11.9 Å². The zero-order valence-electron chi connectivity index (χ0n) is 13.6. The SMILES string of the molecule is CC(C)(C)OC(=O)NCCC(=O)Nc1ccc(S(N)(=O)=O)cc1I. The van der Waals surface area contributed by atoms with Gasteiger partial charge in [0.2, 0.25) is 15.9 Å². The van der Waals surface area contributed by atoms with Gasteiger partial charge in [0.15, 0.2) is 0 Å². The highest BCUT2D eigenvalue weighted by atomic mass is 127. The van der Waals surface area contributed by atoms with Crippen LogP contribution in [0.2, 0.25) is 0 Å². The Labute approximate surface area is 154 Å². The molecule has 0 saturated carbocycles. The first-order valence-electron chi connectivity index (χ1n) is 6.97. The maximum atomic E-state index is 11.9. The van der Waals surface area contributed by atoms with Crippen LogP contribution in [-0.4, -0.2) is 32.6 Å². The van der Waals surface area contributed by atoms with Crippen molar-refractivity contribution in [1.29, 1.82) is 0 Å². The second-order valence-electron chi connectivity index (χ2n) is 5.91.